The zero-order chi connectivity index (χ0) is 74.3. The molecular formula is C69H119N15O14. The smallest absolute Gasteiger partial charge is 0.245 e. The topological polar surface area (TPSA) is 456 Å². The van der Waals surface area contributed by atoms with E-state index in [-0.39, 0.29) is 75.3 Å². The first kappa shape index (κ1) is 86.3. The number of unbranched alkanes of at least 4 members (excludes halogenated alkanes) is 1. The molecule has 0 radical (unpaired) electrons. The second-order valence-corrected chi connectivity index (χ2v) is 28.2. The molecule has 14 atom stereocenters. The molecule has 554 valence electrons. The van der Waals surface area contributed by atoms with Crippen LogP contribution in [-0.2, 0) is 68.7 Å². The van der Waals surface area contributed by atoms with E-state index in [0.717, 1.165) is 5.56 Å². The minimum absolute atomic E-state index is 0.0148. The number of rotatable bonds is 44. The van der Waals surface area contributed by atoms with Gasteiger partial charge in [0.2, 0.25) is 76.8 Å². The number of likely N-dealkylation sites (tertiary alicyclic amines) is 1. The third kappa shape index (κ3) is 29.7. The Balaban J connectivity index is 2.25. The van der Waals surface area contributed by atoms with Crippen molar-refractivity contribution in [3.8, 4) is 0 Å². The van der Waals surface area contributed by atoms with Crippen molar-refractivity contribution in [1.82, 2.24) is 63.4 Å². The number of amides is 13. The molecule has 1 aromatic rings. The Morgan fingerprint density at radius 2 is 0.969 bits per heavy atom. The van der Waals surface area contributed by atoms with E-state index in [2.05, 4.69) is 58.5 Å². The highest BCUT2D eigenvalue weighted by molar-refractivity contribution is 5.99. The van der Waals surface area contributed by atoms with Crippen LogP contribution in [0.1, 0.15) is 180 Å². The van der Waals surface area contributed by atoms with Crippen LogP contribution in [0.25, 0.3) is 0 Å². The number of carbonyl (C=O) groups excluding carboxylic acids is 13. The van der Waals surface area contributed by atoms with E-state index in [1.807, 2.05) is 85.7 Å². The molecule has 1 heterocycles. The van der Waals surface area contributed by atoms with Gasteiger partial charge in [0, 0.05) is 6.54 Å². The number of aliphatic hydroxyl groups excluding tert-OH is 1. The van der Waals surface area contributed by atoms with Gasteiger partial charge in [0.25, 0.3) is 0 Å². The van der Waals surface area contributed by atoms with Crippen LogP contribution in [-0.4, -0.2) is 186 Å². The quantitative estimate of drug-likeness (QED) is 0.0385. The molecule has 1 aliphatic rings. The first-order valence-electron chi connectivity index (χ1n) is 35.0. The Bertz CT molecular complexity index is 2790. The van der Waals surface area contributed by atoms with Crippen LogP contribution in [0, 0.1) is 41.4 Å². The predicted octanol–water partition coefficient (Wildman–Crippen LogP) is 0.0707. The third-order valence-electron chi connectivity index (χ3n) is 17.3. The number of nitrogens with one attached hydrogen (secondary N) is 11. The van der Waals surface area contributed by atoms with Gasteiger partial charge in [-0.1, -0.05) is 140 Å². The maximum Gasteiger partial charge on any atom is 0.245 e. The molecule has 1 fully saturated rings. The normalized spacial score (nSPS) is 17.1. The van der Waals surface area contributed by atoms with Gasteiger partial charge in [0.15, 0.2) is 0 Å². The van der Waals surface area contributed by atoms with Crippen LogP contribution in [0.2, 0.25) is 0 Å². The summed E-state index contributed by atoms with van der Waals surface area (Å²) in [5.41, 5.74) is 18.5. The van der Waals surface area contributed by atoms with Crippen molar-refractivity contribution >= 4 is 76.8 Å². The standard InChI is InChI=1S/C69H119N15O14/c1-16-42(13)56(83-68(97)57(43(14)17-2)82-65(94)53-27-23-29-84(53)69(98)51(33-40(9)10)79-60(89)46(71)34-45-24-19-18-20-25-45)67(96)74-44(15)59(88)76-47(26-21-22-28-70)62(91)81-55(41(11)12)66(95)78-50(32-39(7)8)64(93)80-52(36-85)61(90)73-35-54(86)75-49(31-38(5)6)63(92)77-48(58(72)87)30-37(3)4/h18-20,24-25,37-44,46-53,55-57,85H,16-17,21-23,26-36,70-71H2,1-15H3,(H2,72,87)(H,73,90)(H,74,96)(H,75,86)(H,76,88)(H,77,92)(H,78,95)(H,79,89)(H,80,93)(H,81,91)(H,82,94)(H,83,97)/t42-,43-,44-,46-,47-,48-,49-,50-,51-,52-,53-,55-,56-,57-/m0/s1. The number of benzene rings is 1. The molecule has 1 aromatic carbocycles. The fraction of sp³-hybridized carbons (Fsp3) is 0.725. The number of nitrogens with zero attached hydrogens (tertiary/aromatic N) is 1. The lowest BCUT2D eigenvalue weighted by atomic mass is 9.94. The Labute approximate surface area is 579 Å². The van der Waals surface area contributed by atoms with Crippen molar-refractivity contribution in [1.29, 1.82) is 0 Å². The largest absolute Gasteiger partial charge is 0.394 e. The van der Waals surface area contributed by atoms with Gasteiger partial charge in [-0.3, -0.25) is 62.3 Å². The maximum absolute atomic E-state index is 14.4. The molecule has 98 heavy (non-hydrogen) atoms. The molecule has 29 heteroatoms. The van der Waals surface area contributed by atoms with Gasteiger partial charge in [0.1, 0.15) is 66.5 Å². The number of aliphatic hydroxyl groups is 1. The maximum atomic E-state index is 14.4. The van der Waals surface area contributed by atoms with Gasteiger partial charge in [-0.15, -0.1) is 0 Å². The molecule has 13 amide bonds. The van der Waals surface area contributed by atoms with Gasteiger partial charge >= 0.3 is 0 Å². The van der Waals surface area contributed by atoms with Gasteiger partial charge in [-0.2, -0.15) is 0 Å². The van der Waals surface area contributed by atoms with E-state index in [0.29, 0.717) is 38.5 Å². The van der Waals surface area contributed by atoms with Gasteiger partial charge < -0.3 is 85.7 Å². The van der Waals surface area contributed by atoms with E-state index in [1.54, 1.807) is 41.5 Å². The Morgan fingerprint density at radius 1 is 0.510 bits per heavy atom. The SMILES string of the molecule is CC[C@H](C)[C@H](NC(=O)[C@@H](NC(=O)[C@@H]1CCCN1C(=O)[C@H](CC(C)C)NC(=O)[C@@H](N)Cc1ccccc1)[C@@H](C)CC)C(=O)N[C@@H](C)C(=O)N[C@@H](CCCCN)C(=O)N[C@H](C(=O)N[C@@H](CC(C)C)C(=O)N[C@@H](CO)C(=O)NCC(=O)N[C@@H](CC(C)C)C(=O)N[C@@H](CC(C)C)C(N)=O)C(C)C. The highest BCUT2D eigenvalue weighted by atomic mass is 16.3. The van der Waals surface area contributed by atoms with E-state index in [1.165, 1.54) is 11.8 Å². The van der Waals surface area contributed by atoms with Crippen LogP contribution in [0.5, 0.6) is 0 Å². The lowest BCUT2D eigenvalue weighted by Crippen LogP contribution is -2.62. The van der Waals surface area contributed by atoms with Crippen molar-refractivity contribution < 1.29 is 67.4 Å². The van der Waals surface area contributed by atoms with Crippen molar-refractivity contribution in [2.24, 2.45) is 58.6 Å². The van der Waals surface area contributed by atoms with Crippen LogP contribution in [0.15, 0.2) is 30.3 Å². The molecule has 29 nitrogen and oxygen atoms in total. The first-order valence-corrected chi connectivity index (χ1v) is 35.0. The summed E-state index contributed by atoms with van der Waals surface area (Å²) in [5, 5.41) is 39.5. The zero-order valence-corrected chi connectivity index (χ0v) is 60.6. The third-order valence-corrected chi connectivity index (χ3v) is 17.3. The molecular weight excluding hydrogens is 1260 g/mol. The van der Waals surface area contributed by atoms with Crippen LogP contribution >= 0.6 is 0 Å². The van der Waals surface area contributed by atoms with E-state index >= 15 is 0 Å². The molecule has 1 saturated heterocycles. The van der Waals surface area contributed by atoms with Crippen LogP contribution in [0.3, 0.4) is 0 Å². The lowest BCUT2D eigenvalue weighted by Gasteiger charge is -2.32. The predicted molar refractivity (Wildman–Crippen MR) is 372 cm³/mol. The first-order chi connectivity index (χ1) is 46.0. The number of hydrogen-bond acceptors (Lipinski definition) is 16. The fourth-order valence-corrected chi connectivity index (χ4v) is 11.2. The van der Waals surface area contributed by atoms with Crippen molar-refractivity contribution in [3.63, 3.8) is 0 Å². The fourth-order valence-electron chi connectivity index (χ4n) is 11.2. The van der Waals surface area contributed by atoms with Crippen molar-refractivity contribution in [2.45, 2.75) is 253 Å². The highest BCUT2D eigenvalue weighted by Crippen LogP contribution is 2.23. The Hall–Kier alpha value is -7.79. The Kier molecular flexibility index (Phi) is 38.4. The number of carbonyl (C=O) groups is 13. The molecule has 0 unspecified atom stereocenters. The zero-order valence-electron chi connectivity index (χ0n) is 60.6. The molecule has 0 bridgehead atoms. The van der Waals surface area contributed by atoms with E-state index < -0.39 is 180 Å². The summed E-state index contributed by atoms with van der Waals surface area (Å²) in [7, 11) is 0. The number of nitrogens with two attached hydrogens (primary N) is 3. The Morgan fingerprint density at radius 3 is 1.49 bits per heavy atom. The van der Waals surface area contributed by atoms with E-state index in [9.17, 15) is 67.4 Å². The van der Waals surface area contributed by atoms with Gasteiger partial charge in [-0.25, -0.2) is 0 Å². The summed E-state index contributed by atoms with van der Waals surface area (Å²) in [4.78, 5) is 180. The average Bonchev–Trinajstić information content (AvgIpc) is 1.59. The molecule has 0 spiro atoms. The van der Waals surface area contributed by atoms with E-state index in [4.69, 9.17) is 17.2 Å². The monoisotopic (exact) mass is 1380 g/mol. The molecule has 1 aliphatic heterocycles. The molecule has 0 aromatic heterocycles. The molecule has 18 N–H and O–H groups in total. The summed E-state index contributed by atoms with van der Waals surface area (Å²) in [6.07, 6.45) is 3.48. The molecule has 0 aliphatic carbocycles. The minimum Gasteiger partial charge on any atom is -0.394 e. The second kappa shape index (κ2) is 43.6. The van der Waals surface area contributed by atoms with Gasteiger partial charge in [-0.05, 0) is 125 Å². The average molecular weight is 1380 g/mol. The summed E-state index contributed by atoms with van der Waals surface area (Å²) >= 11 is 0. The molecule has 0 saturated carbocycles. The van der Waals surface area contributed by atoms with Crippen LogP contribution in [0.4, 0.5) is 0 Å². The lowest BCUT2D eigenvalue weighted by molar-refractivity contribution is -0.143. The highest BCUT2D eigenvalue weighted by Gasteiger charge is 2.42. The number of primary amides is 1. The second-order valence-electron chi connectivity index (χ2n) is 28.2. The minimum atomic E-state index is -1.61. The molecule has 2 rings (SSSR count). The summed E-state index contributed by atoms with van der Waals surface area (Å²) in [5.74, 6) is -11.2. The number of hydrogen-bond donors (Lipinski definition) is 15. The van der Waals surface area contributed by atoms with Crippen molar-refractivity contribution in [2.75, 3.05) is 26.2 Å². The van der Waals surface area contributed by atoms with Gasteiger partial charge in [0.05, 0.1) is 19.2 Å². The summed E-state index contributed by atoms with van der Waals surface area (Å²) < 4.78 is 0. The summed E-state index contributed by atoms with van der Waals surface area (Å²) in [6.45, 7) is 25.4. The van der Waals surface area contributed by atoms with Crippen molar-refractivity contribution in [3.05, 3.63) is 35.9 Å². The summed E-state index contributed by atoms with van der Waals surface area (Å²) in [6, 6.07) is -4.90. The van der Waals surface area contributed by atoms with Crippen LogP contribution < -0.4 is 75.7 Å².